The van der Waals surface area contributed by atoms with Crippen molar-refractivity contribution in [1.82, 2.24) is 9.80 Å². The first kappa shape index (κ1) is 21.4. The Balaban J connectivity index is 2.64. The number of benzene rings is 1. The second-order valence-corrected chi connectivity index (χ2v) is 9.40. The molecule has 0 aliphatic rings. The molecule has 0 heterocycles. The first-order valence-electron chi connectivity index (χ1n) is 8.32. The van der Waals surface area contributed by atoms with E-state index in [4.69, 9.17) is 0 Å². The van der Waals surface area contributed by atoms with Crippen LogP contribution < -0.4 is 4.90 Å². The first-order chi connectivity index (χ1) is 11.4. The third-order valence-electron chi connectivity index (χ3n) is 4.73. The average Bonchev–Trinajstić information content (AvgIpc) is 2.52. The van der Waals surface area contributed by atoms with E-state index in [9.17, 15) is 13.2 Å². The van der Waals surface area contributed by atoms with Crippen LogP contribution in [0.2, 0.25) is 0 Å². The summed E-state index contributed by atoms with van der Waals surface area (Å²) >= 11 is 0. The van der Waals surface area contributed by atoms with Gasteiger partial charge in [-0.25, -0.2) is 8.42 Å². The number of carbonyl (C=O) groups is 1. The minimum Gasteiger partial charge on any atom is -0.378 e. The molecule has 25 heavy (non-hydrogen) atoms. The lowest BCUT2D eigenvalue weighted by Crippen LogP contribution is -2.46. The molecule has 1 aromatic rings. The smallest absolute Gasteiger partial charge is 0.236 e. The van der Waals surface area contributed by atoms with E-state index in [1.807, 2.05) is 50.2 Å². The van der Waals surface area contributed by atoms with Gasteiger partial charge in [0.15, 0.2) is 9.84 Å². The van der Waals surface area contributed by atoms with Crippen LogP contribution in [0.3, 0.4) is 0 Å². The summed E-state index contributed by atoms with van der Waals surface area (Å²) in [6.07, 6.45) is 1.23. The molecule has 0 N–H and O–H groups in total. The van der Waals surface area contributed by atoms with Crippen LogP contribution in [-0.2, 0) is 21.2 Å². The number of sulfone groups is 1. The highest BCUT2D eigenvalue weighted by molar-refractivity contribution is 7.91. The molecule has 142 valence electrons. The number of hydrogen-bond donors (Lipinski definition) is 0. The van der Waals surface area contributed by atoms with Crippen LogP contribution in [0.25, 0.3) is 0 Å². The van der Waals surface area contributed by atoms with E-state index in [2.05, 4.69) is 0 Å². The summed E-state index contributed by atoms with van der Waals surface area (Å²) < 4.78 is 23.4. The predicted molar refractivity (Wildman–Crippen MR) is 104 cm³/mol. The molecule has 2 atom stereocenters. The van der Waals surface area contributed by atoms with Gasteiger partial charge in [-0.2, -0.15) is 0 Å². The van der Waals surface area contributed by atoms with Crippen LogP contribution in [0.15, 0.2) is 24.3 Å². The van der Waals surface area contributed by atoms with Crippen molar-refractivity contribution in [2.75, 3.05) is 45.9 Å². The molecule has 2 unspecified atom stereocenters. The fourth-order valence-corrected chi connectivity index (χ4v) is 3.38. The van der Waals surface area contributed by atoms with Gasteiger partial charge in [0.2, 0.25) is 5.91 Å². The average molecular weight is 370 g/mol. The van der Waals surface area contributed by atoms with Crippen molar-refractivity contribution in [1.29, 1.82) is 0 Å². The summed E-state index contributed by atoms with van der Waals surface area (Å²) in [6.45, 7) is 4.22. The summed E-state index contributed by atoms with van der Waals surface area (Å²) in [6, 6.07) is 7.84. The topological polar surface area (TPSA) is 60.9 Å². The highest BCUT2D eigenvalue weighted by Gasteiger charge is 2.27. The Morgan fingerprint density at radius 3 is 2.00 bits per heavy atom. The van der Waals surface area contributed by atoms with E-state index in [-0.39, 0.29) is 18.5 Å². The first-order valence-corrected chi connectivity index (χ1v) is 10.3. The van der Waals surface area contributed by atoms with Gasteiger partial charge in [0.1, 0.15) is 0 Å². The Morgan fingerprint density at radius 1 is 1.04 bits per heavy atom. The maximum Gasteiger partial charge on any atom is 0.236 e. The van der Waals surface area contributed by atoms with Crippen molar-refractivity contribution in [3.05, 3.63) is 29.8 Å². The van der Waals surface area contributed by atoms with Gasteiger partial charge in [-0.05, 0) is 38.6 Å². The van der Waals surface area contributed by atoms with Crippen molar-refractivity contribution >= 4 is 21.4 Å². The van der Waals surface area contributed by atoms with Gasteiger partial charge in [-0.1, -0.05) is 12.1 Å². The fraction of sp³-hybridized carbons (Fsp3) is 0.611. The molecule has 0 saturated carbocycles. The zero-order valence-electron chi connectivity index (χ0n) is 16.4. The summed E-state index contributed by atoms with van der Waals surface area (Å²) in [5, 5.41) is -0.519. The lowest BCUT2D eigenvalue weighted by Gasteiger charge is -2.30. The molecule has 7 heteroatoms. The van der Waals surface area contributed by atoms with Crippen LogP contribution >= 0.6 is 0 Å². The number of likely N-dealkylation sites (N-methyl/N-ethyl adjacent to an activating group) is 2. The van der Waals surface area contributed by atoms with E-state index >= 15 is 0 Å². The van der Waals surface area contributed by atoms with Gasteiger partial charge in [-0.15, -0.1) is 0 Å². The largest absolute Gasteiger partial charge is 0.378 e. The van der Waals surface area contributed by atoms with Gasteiger partial charge in [0.25, 0.3) is 0 Å². The second kappa shape index (κ2) is 8.67. The molecule has 1 aromatic carbocycles. The zero-order chi connectivity index (χ0) is 19.4. The highest BCUT2D eigenvalue weighted by Crippen LogP contribution is 2.14. The van der Waals surface area contributed by atoms with E-state index < -0.39 is 15.1 Å². The van der Waals surface area contributed by atoms with Crippen molar-refractivity contribution in [3.63, 3.8) is 0 Å². The molecule has 0 spiro atoms. The molecular weight excluding hydrogens is 338 g/mol. The summed E-state index contributed by atoms with van der Waals surface area (Å²) in [4.78, 5) is 17.9. The molecule has 0 aromatic heterocycles. The zero-order valence-corrected chi connectivity index (χ0v) is 17.2. The lowest BCUT2D eigenvalue weighted by atomic mass is 10.2. The Kier molecular flexibility index (Phi) is 7.44. The molecule has 0 aliphatic heterocycles. The van der Waals surface area contributed by atoms with Gasteiger partial charge < -0.3 is 9.80 Å². The maximum absolute atomic E-state index is 12.4. The number of carbonyl (C=O) groups excluding carboxylic acids is 1. The molecule has 0 saturated heterocycles. The number of hydrogen-bond acceptors (Lipinski definition) is 5. The molecule has 1 rings (SSSR count). The SMILES string of the molecule is CC(C(C)S(C)(=O)=O)N(C)CC(=O)N(C)Cc1ccc(N(C)C)cc1. The van der Waals surface area contributed by atoms with Crippen molar-refractivity contribution in [2.24, 2.45) is 0 Å². The van der Waals surface area contributed by atoms with Crippen molar-refractivity contribution in [2.45, 2.75) is 31.7 Å². The Bertz CT molecular complexity index is 671. The molecule has 0 radical (unpaired) electrons. The predicted octanol–water partition coefficient (Wildman–Crippen LogP) is 1.46. The van der Waals surface area contributed by atoms with Gasteiger partial charge in [-0.3, -0.25) is 9.69 Å². The number of rotatable bonds is 8. The van der Waals surface area contributed by atoms with Crippen LogP contribution in [0, 0.1) is 0 Å². The van der Waals surface area contributed by atoms with E-state index in [1.54, 1.807) is 30.8 Å². The molecule has 0 aliphatic carbocycles. The summed E-state index contributed by atoms with van der Waals surface area (Å²) in [5.74, 6) is -0.0354. The van der Waals surface area contributed by atoms with E-state index in [1.165, 1.54) is 6.26 Å². The molecule has 1 amide bonds. The van der Waals surface area contributed by atoms with E-state index in [0.717, 1.165) is 11.3 Å². The normalized spacial score (nSPS) is 14.2. The number of nitrogens with zero attached hydrogens (tertiary/aromatic N) is 3. The number of anilines is 1. The van der Waals surface area contributed by atoms with Crippen LogP contribution in [-0.4, -0.2) is 76.4 Å². The molecule has 0 bridgehead atoms. The van der Waals surface area contributed by atoms with Crippen LogP contribution in [0.1, 0.15) is 19.4 Å². The maximum atomic E-state index is 12.4. The van der Waals surface area contributed by atoms with Crippen LogP contribution in [0.5, 0.6) is 0 Å². The van der Waals surface area contributed by atoms with Crippen LogP contribution in [0.4, 0.5) is 5.69 Å². The third kappa shape index (κ3) is 6.32. The third-order valence-corrected chi connectivity index (χ3v) is 6.48. The highest BCUT2D eigenvalue weighted by atomic mass is 32.2. The standard InChI is InChI=1S/C18H31N3O3S/c1-14(15(2)25(7,23)24)20(5)13-18(22)21(6)12-16-8-10-17(11-9-16)19(3)4/h8-11,14-15H,12-13H2,1-7H3. The quantitative estimate of drug-likeness (QED) is 0.694. The fourth-order valence-electron chi connectivity index (χ4n) is 2.46. The molecule has 6 nitrogen and oxygen atoms in total. The minimum atomic E-state index is -3.13. The summed E-state index contributed by atoms with van der Waals surface area (Å²) in [5.41, 5.74) is 2.17. The van der Waals surface area contributed by atoms with Gasteiger partial charge in [0, 0.05) is 45.7 Å². The summed E-state index contributed by atoms with van der Waals surface area (Å²) in [7, 11) is 4.38. The molecular formula is C18H31N3O3S. The molecule has 0 fully saturated rings. The van der Waals surface area contributed by atoms with Crippen molar-refractivity contribution < 1.29 is 13.2 Å². The number of amides is 1. The van der Waals surface area contributed by atoms with Crippen molar-refractivity contribution in [3.8, 4) is 0 Å². The lowest BCUT2D eigenvalue weighted by molar-refractivity contribution is -0.131. The monoisotopic (exact) mass is 369 g/mol. The second-order valence-electron chi connectivity index (χ2n) is 7.00. The minimum absolute atomic E-state index is 0.0354. The Labute approximate surface area is 152 Å². The van der Waals surface area contributed by atoms with Gasteiger partial charge in [0.05, 0.1) is 11.8 Å². The van der Waals surface area contributed by atoms with Gasteiger partial charge >= 0.3 is 0 Å². The Morgan fingerprint density at radius 2 is 1.56 bits per heavy atom. The Hall–Kier alpha value is -1.60. The van der Waals surface area contributed by atoms with E-state index in [0.29, 0.717) is 6.54 Å².